The van der Waals surface area contributed by atoms with Crippen molar-refractivity contribution < 1.29 is 57.3 Å². The lowest BCUT2D eigenvalue weighted by Gasteiger charge is -2.35. The topological polar surface area (TPSA) is 193 Å². The molecule has 0 N–H and O–H groups in total. The van der Waals surface area contributed by atoms with Crippen molar-refractivity contribution >= 4 is 58.9 Å². The van der Waals surface area contributed by atoms with Crippen molar-refractivity contribution in [3.63, 3.8) is 0 Å². The van der Waals surface area contributed by atoms with Gasteiger partial charge in [-0.2, -0.15) is 0 Å². The van der Waals surface area contributed by atoms with Gasteiger partial charge in [-0.05, 0) is 124 Å². The van der Waals surface area contributed by atoms with Crippen LogP contribution in [0.5, 0.6) is 0 Å². The van der Waals surface area contributed by atoms with Gasteiger partial charge in [-0.15, -0.1) is 0 Å². The second-order valence-electron chi connectivity index (χ2n) is 23.5. The fourth-order valence-corrected chi connectivity index (χ4v) is 10.5. The minimum absolute atomic E-state index is 0.0823. The van der Waals surface area contributed by atoms with Crippen molar-refractivity contribution in [3.8, 4) is 0 Å². The first-order valence-electron chi connectivity index (χ1n) is 28.3. The predicted molar refractivity (Wildman–Crippen MR) is 298 cm³/mol. The first-order chi connectivity index (χ1) is 36.8. The summed E-state index contributed by atoms with van der Waals surface area (Å²) in [6, 6.07) is 10.3. The normalized spacial score (nSPS) is 25.6. The molecule has 0 aliphatic carbocycles. The van der Waals surface area contributed by atoms with E-state index in [9.17, 15) is 38.4 Å². The van der Waals surface area contributed by atoms with E-state index in [0.717, 1.165) is 73.0 Å². The van der Waals surface area contributed by atoms with Crippen molar-refractivity contribution in [3.05, 3.63) is 59.7 Å². The maximum atomic E-state index is 15.0. The molecule has 0 saturated carbocycles. The van der Waals surface area contributed by atoms with E-state index in [0.29, 0.717) is 11.1 Å². The monoisotopic (exact) mass is 1090 g/mol. The number of cyclic esters (lactones) is 4. The highest BCUT2D eigenvalue weighted by molar-refractivity contribution is 5.94. The third-order valence-electron chi connectivity index (χ3n) is 15.1. The summed E-state index contributed by atoms with van der Waals surface area (Å²) in [5, 5.41) is 0. The number of hydrogen-bond acceptors (Lipinski definition) is 14. The molecule has 3 aliphatic rings. The number of carbonyl (C=O) groups is 8. The number of hydrogen-bond donors (Lipinski definition) is 0. The van der Waals surface area contributed by atoms with Crippen LogP contribution in [0.25, 0.3) is 0 Å². The molecule has 0 radical (unpaired) electrons. The van der Waals surface area contributed by atoms with Crippen LogP contribution in [0.4, 0.5) is 11.4 Å². The largest absolute Gasteiger partial charge is 0.451 e. The summed E-state index contributed by atoms with van der Waals surface area (Å²) >= 11 is 0. The molecule has 8 atom stereocenters. The summed E-state index contributed by atoms with van der Waals surface area (Å²) in [6.45, 7) is 21.4. The molecule has 0 unspecified atom stereocenters. The standard InChI is InChI=1S/C60H90N6O12/c1-37(2)31-47-57(71)75-41(9)53(67)61(11)50(34-40(7)8)60(74)78-52(36-44-21-25-46(26-22-44)66-29-17-18-30-66)56(70)64(14)48(32-38(3)4)58(72)76-42(10)54(68)62(12)49(33-39(5)6)59(73)77-51(55(69)63(47)13)35-43-19-23-45(24-20-43)65-27-15-16-28-65/h19-26,37-42,47-52H,15-18,27-36H2,1-14H3/t41-,42-,47+,48+,49+,50+,51-,52-/m1/s1. The number of ether oxygens (including phenoxy) is 4. The fourth-order valence-electron chi connectivity index (χ4n) is 10.5. The maximum absolute atomic E-state index is 15.0. The summed E-state index contributed by atoms with van der Waals surface area (Å²) < 4.78 is 24.3. The molecule has 432 valence electrons. The van der Waals surface area contributed by atoms with Crippen LogP contribution in [-0.4, -0.2) is 170 Å². The van der Waals surface area contributed by atoms with Gasteiger partial charge in [0.05, 0.1) is 0 Å². The third kappa shape index (κ3) is 16.9. The number of likely N-dealkylation sites (N-methyl/N-ethyl adjacent to an activating group) is 4. The number of esters is 4. The number of amides is 4. The minimum atomic E-state index is -1.49. The zero-order chi connectivity index (χ0) is 57.7. The van der Waals surface area contributed by atoms with E-state index in [1.54, 1.807) is 0 Å². The van der Waals surface area contributed by atoms with Crippen LogP contribution < -0.4 is 9.80 Å². The zero-order valence-electron chi connectivity index (χ0n) is 49.0. The van der Waals surface area contributed by atoms with Crippen molar-refractivity contribution in [2.24, 2.45) is 23.7 Å². The number of benzene rings is 2. The van der Waals surface area contributed by atoms with Gasteiger partial charge in [0.2, 0.25) is 0 Å². The van der Waals surface area contributed by atoms with E-state index in [1.807, 2.05) is 104 Å². The lowest BCUT2D eigenvalue weighted by molar-refractivity contribution is -0.176. The Bertz CT molecular complexity index is 2180. The smallest absolute Gasteiger partial charge is 0.329 e. The van der Waals surface area contributed by atoms with Crippen molar-refractivity contribution in [2.75, 3.05) is 64.2 Å². The highest BCUT2D eigenvalue weighted by atomic mass is 16.6. The molecule has 3 fully saturated rings. The van der Waals surface area contributed by atoms with Gasteiger partial charge < -0.3 is 48.3 Å². The molecule has 18 nitrogen and oxygen atoms in total. The van der Waals surface area contributed by atoms with E-state index in [2.05, 4.69) is 9.80 Å². The number of nitrogens with zero attached hydrogens (tertiary/aromatic N) is 6. The predicted octanol–water partition coefficient (Wildman–Crippen LogP) is 6.87. The number of rotatable bonds is 14. The summed E-state index contributed by atoms with van der Waals surface area (Å²) in [5.41, 5.74) is 3.39. The lowest BCUT2D eigenvalue weighted by Crippen LogP contribution is -2.55. The minimum Gasteiger partial charge on any atom is -0.451 e. The Morgan fingerprint density at radius 2 is 0.628 bits per heavy atom. The SMILES string of the molecule is CC(C)C[C@H]1C(=O)O[C@H](Cc2ccc(N3CCCC3)cc2)C(=O)N(C)[C@@H](CC(C)C)C(=O)O[C@H](C)C(=O)N(C)[C@@H](CC(C)C)C(=O)O[C@H](Cc2ccc(N3CCCC3)cc2)C(=O)N(C)[C@@H](CC(C)C)C(=O)O[C@H](C)C(=O)N1C. The Labute approximate surface area is 463 Å². The van der Waals surface area contributed by atoms with Crippen LogP contribution in [0.1, 0.15) is 132 Å². The van der Waals surface area contributed by atoms with E-state index in [1.165, 1.54) is 51.8 Å². The van der Waals surface area contributed by atoms with Crippen molar-refractivity contribution in [1.29, 1.82) is 0 Å². The van der Waals surface area contributed by atoms with Crippen LogP contribution >= 0.6 is 0 Å². The molecule has 4 amide bonds. The average molecular weight is 1090 g/mol. The van der Waals surface area contributed by atoms with Gasteiger partial charge in [0.25, 0.3) is 23.6 Å². The molecule has 0 spiro atoms. The molecule has 3 aliphatic heterocycles. The van der Waals surface area contributed by atoms with Gasteiger partial charge in [-0.3, -0.25) is 19.2 Å². The Morgan fingerprint density at radius 3 is 0.885 bits per heavy atom. The van der Waals surface area contributed by atoms with Gasteiger partial charge in [-0.25, -0.2) is 19.2 Å². The second kappa shape index (κ2) is 28.6. The van der Waals surface area contributed by atoms with Crippen LogP contribution in [0.2, 0.25) is 0 Å². The lowest BCUT2D eigenvalue weighted by atomic mass is 10.00. The number of carbonyl (C=O) groups excluding carboxylic acids is 8. The Kier molecular flexibility index (Phi) is 23.0. The Hall–Kier alpha value is -6.20. The summed E-state index contributed by atoms with van der Waals surface area (Å²) in [7, 11) is 5.66. The highest BCUT2D eigenvalue weighted by Crippen LogP contribution is 2.27. The third-order valence-corrected chi connectivity index (χ3v) is 15.1. The van der Waals surface area contributed by atoms with Gasteiger partial charge >= 0.3 is 23.9 Å². The Morgan fingerprint density at radius 1 is 0.385 bits per heavy atom. The summed E-state index contributed by atoms with van der Waals surface area (Å²) in [4.78, 5) is 126. The average Bonchev–Trinajstić information content (AvgIpc) is 4.15. The van der Waals surface area contributed by atoms with Crippen LogP contribution in [0, 0.1) is 23.7 Å². The molecule has 3 heterocycles. The molecular weight excluding hydrogens is 997 g/mol. The van der Waals surface area contributed by atoms with Gasteiger partial charge in [0.1, 0.15) is 24.2 Å². The summed E-state index contributed by atoms with van der Waals surface area (Å²) in [5.74, 6) is -7.09. The maximum Gasteiger partial charge on any atom is 0.329 e. The molecule has 2 aromatic rings. The van der Waals surface area contributed by atoms with Crippen LogP contribution in [0.15, 0.2) is 48.5 Å². The van der Waals surface area contributed by atoms with Crippen LogP contribution in [0.3, 0.4) is 0 Å². The molecule has 0 aromatic heterocycles. The summed E-state index contributed by atoms with van der Waals surface area (Å²) in [6.07, 6.45) is -1.28. The highest BCUT2D eigenvalue weighted by Gasteiger charge is 2.43. The van der Waals surface area contributed by atoms with E-state index >= 15 is 0 Å². The molecule has 5 rings (SSSR count). The second-order valence-corrected chi connectivity index (χ2v) is 23.5. The molecule has 3 saturated heterocycles. The van der Waals surface area contributed by atoms with Gasteiger partial charge in [0.15, 0.2) is 24.4 Å². The number of anilines is 2. The molecule has 18 heteroatoms. The fraction of sp³-hybridized carbons (Fsp3) is 0.667. The van der Waals surface area contributed by atoms with E-state index < -0.39 is 96.1 Å². The molecular formula is C60H90N6O12. The molecule has 0 bridgehead atoms. The van der Waals surface area contributed by atoms with E-state index in [4.69, 9.17) is 18.9 Å². The Balaban J connectivity index is 1.59. The van der Waals surface area contributed by atoms with Crippen molar-refractivity contribution in [1.82, 2.24) is 19.6 Å². The first-order valence-corrected chi connectivity index (χ1v) is 28.3. The molecule has 78 heavy (non-hydrogen) atoms. The first kappa shape index (κ1) is 62.6. The molecule has 2 aromatic carbocycles. The van der Waals surface area contributed by atoms with E-state index in [-0.39, 0.29) is 62.2 Å². The van der Waals surface area contributed by atoms with Gasteiger partial charge in [-0.1, -0.05) is 79.7 Å². The van der Waals surface area contributed by atoms with Crippen molar-refractivity contribution in [2.45, 2.75) is 182 Å². The van der Waals surface area contributed by atoms with Gasteiger partial charge in [0, 0.05) is 78.6 Å². The van der Waals surface area contributed by atoms with Crippen LogP contribution in [-0.2, 0) is 70.1 Å². The quantitative estimate of drug-likeness (QED) is 0.141. The zero-order valence-corrected chi connectivity index (χ0v) is 49.0.